The molecule has 10 heavy (non-hydrogen) atoms. The molecule has 0 rings (SSSR count). The van der Waals surface area contributed by atoms with Crippen molar-refractivity contribution in [2.45, 2.75) is 46.0 Å². The van der Waals surface area contributed by atoms with Crippen molar-refractivity contribution in [3.05, 3.63) is 6.92 Å². The van der Waals surface area contributed by atoms with Crippen LogP contribution in [0.5, 0.6) is 0 Å². The van der Waals surface area contributed by atoms with Gasteiger partial charge in [-0.1, -0.05) is 52.9 Å². The molecule has 1 heteroatoms. The Bertz CT molecular complexity index is 50.7. The fourth-order valence-electron chi connectivity index (χ4n) is 0.906. The number of hydrogen-bond acceptors (Lipinski definition) is 0. The normalized spacial score (nSPS) is 9.60. The van der Waals surface area contributed by atoms with Crippen LogP contribution in [-0.2, 0) is 0 Å². The Labute approximate surface area is 82.7 Å². The topological polar surface area (TPSA) is 0 Å². The molecule has 0 aliphatic carbocycles. The molecule has 0 aromatic heterocycles. The van der Waals surface area contributed by atoms with Crippen molar-refractivity contribution in [1.82, 2.24) is 0 Å². The van der Waals surface area contributed by atoms with Crippen LogP contribution in [0.15, 0.2) is 0 Å². The standard InChI is InChI=1S/C9H19.Sn.2H/c1-4-5-6-7-8-9(2)3;;;/h9H,1,4-8H2,2-3H3;;;. The molecule has 0 heterocycles. The van der Waals surface area contributed by atoms with Crippen molar-refractivity contribution in [1.29, 1.82) is 0 Å². The van der Waals surface area contributed by atoms with Crippen LogP contribution in [0.1, 0.15) is 46.0 Å². The van der Waals surface area contributed by atoms with Crippen LogP contribution in [0.3, 0.4) is 0 Å². The second-order valence-electron chi connectivity index (χ2n) is 3.10. The molecule has 3 radical (unpaired) electrons. The van der Waals surface area contributed by atoms with Crippen molar-refractivity contribution in [3.63, 3.8) is 0 Å². The van der Waals surface area contributed by atoms with Crippen LogP contribution in [-0.4, -0.2) is 23.9 Å². The van der Waals surface area contributed by atoms with Crippen LogP contribution < -0.4 is 0 Å². The first-order chi connectivity index (χ1) is 4.27. The fourth-order valence-corrected chi connectivity index (χ4v) is 0.906. The van der Waals surface area contributed by atoms with Gasteiger partial charge in [-0.15, -0.1) is 0 Å². The van der Waals surface area contributed by atoms with E-state index in [1.54, 1.807) is 0 Å². The zero-order valence-corrected chi connectivity index (χ0v) is 11.6. The first-order valence-electron chi connectivity index (χ1n) is 4.06. The Morgan fingerprint density at radius 2 is 1.70 bits per heavy atom. The predicted octanol–water partition coefficient (Wildman–Crippen LogP) is 2.51. The molecular formula is C9H21Sn. The fraction of sp³-hybridized carbons (Fsp3) is 0.889. The molecule has 0 aliphatic rings. The van der Waals surface area contributed by atoms with E-state index in [0.29, 0.717) is 0 Å². The summed E-state index contributed by atoms with van der Waals surface area (Å²) in [5.41, 5.74) is 0. The van der Waals surface area contributed by atoms with E-state index in [0.717, 1.165) is 12.3 Å². The Morgan fingerprint density at radius 3 is 2.10 bits per heavy atom. The van der Waals surface area contributed by atoms with Gasteiger partial charge in [0.05, 0.1) is 0 Å². The van der Waals surface area contributed by atoms with Gasteiger partial charge < -0.3 is 0 Å². The number of unbranched alkanes of at least 4 members (excludes halogenated alkanes) is 3. The Hall–Kier alpha value is 0.799. The van der Waals surface area contributed by atoms with E-state index < -0.39 is 0 Å². The molecule has 0 atom stereocenters. The molecule has 0 N–H and O–H groups in total. The van der Waals surface area contributed by atoms with Gasteiger partial charge in [-0.3, -0.25) is 0 Å². The van der Waals surface area contributed by atoms with Crippen LogP contribution in [0, 0.1) is 12.8 Å². The molecule has 0 bridgehead atoms. The van der Waals surface area contributed by atoms with E-state index in [9.17, 15) is 0 Å². The second-order valence-corrected chi connectivity index (χ2v) is 3.10. The maximum atomic E-state index is 3.80. The van der Waals surface area contributed by atoms with Gasteiger partial charge in [-0.05, 0) is 5.92 Å². The summed E-state index contributed by atoms with van der Waals surface area (Å²) in [6.45, 7) is 8.37. The Balaban J connectivity index is 0. The van der Waals surface area contributed by atoms with E-state index in [2.05, 4.69) is 20.8 Å². The van der Waals surface area contributed by atoms with E-state index in [1.165, 1.54) is 25.7 Å². The van der Waals surface area contributed by atoms with Crippen molar-refractivity contribution in [2.24, 2.45) is 5.92 Å². The van der Waals surface area contributed by atoms with Gasteiger partial charge in [0.15, 0.2) is 0 Å². The summed E-state index contributed by atoms with van der Waals surface area (Å²) in [5.74, 6) is 0.884. The summed E-state index contributed by atoms with van der Waals surface area (Å²) in [6.07, 6.45) is 6.58. The first kappa shape index (κ1) is 13.4. The molecule has 0 unspecified atom stereocenters. The Kier molecular flexibility index (Phi) is 13.1. The second kappa shape index (κ2) is 9.80. The summed E-state index contributed by atoms with van der Waals surface area (Å²) in [7, 11) is 0. The minimum atomic E-state index is 0. The molecular weight excluding hydrogens is 227 g/mol. The Morgan fingerprint density at radius 1 is 1.10 bits per heavy atom. The number of hydrogen-bond donors (Lipinski definition) is 0. The van der Waals surface area contributed by atoms with Crippen LogP contribution in [0.2, 0.25) is 0 Å². The van der Waals surface area contributed by atoms with E-state index in [1.807, 2.05) is 0 Å². The van der Waals surface area contributed by atoms with Gasteiger partial charge in [0, 0.05) is 0 Å². The summed E-state index contributed by atoms with van der Waals surface area (Å²) in [4.78, 5) is 0. The molecule has 0 saturated carbocycles. The summed E-state index contributed by atoms with van der Waals surface area (Å²) < 4.78 is 0. The van der Waals surface area contributed by atoms with Gasteiger partial charge >= 0.3 is 23.9 Å². The van der Waals surface area contributed by atoms with Gasteiger partial charge in [-0.2, -0.15) is 0 Å². The monoisotopic (exact) mass is 249 g/mol. The van der Waals surface area contributed by atoms with Crippen molar-refractivity contribution in [2.75, 3.05) is 0 Å². The van der Waals surface area contributed by atoms with Gasteiger partial charge in [0.1, 0.15) is 0 Å². The number of rotatable bonds is 5. The summed E-state index contributed by atoms with van der Waals surface area (Å²) >= 11 is 0. The van der Waals surface area contributed by atoms with Gasteiger partial charge in [-0.25, -0.2) is 0 Å². The van der Waals surface area contributed by atoms with Gasteiger partial charge in [0.2, 0.25) is 0 Å². The predicted molar refractivity (Wildman–Crippen MR) is 51.8 cm³/mol. The van der Waals surface area contributed by atoms with Crippen LogP contribution >= 0.6 is 0 Å². The van der Waals surface area contributed by atoms with E-state index in [-0.39, 0.29) is 23.9 Å². The molecule has 0 amide bonds. The average molecular weight is 248 g/mol. The molecule has 0 aromatic rings. The van der Waals surface area contributed by atoms with Crippen LogP contribution in [0.25, 0.3) is 0 Å². The van der Waals surface area contributed by atoms with E-state index >= 15 is 0 Å². The van der Waals surface area contributed by atoms with Crippen molar-refractivity contribution >= 4 is 23.9 Å². The molecule has 0 nitrogen and oxygen atoms in total. The van der Waals surface area contributed by atoms with Crippen LogP contribution in [0.4, 0.5) is 0 Å². The first-order valence-corrected chi connectivity index (χ1v) is 4.06. The quantitative estimate of drug-likeness (QED) is 0.518. The molecule has 61 valence electrons. The van der Waals surface area contributed by atoms with Crippen molar-refractivity contribution < 1.29 is 0 Å². The molecule has 0 saturated heterocycles. The third-order valence-electron chi connectivity index (χ3n) is 1.53. The van der Waals surface area contributed by atoms with Gasteiger partial charge in [0.25, 0.3) is 0 Å². The average Bonchev–Trinajstić information content (AvgIpc) is 1.80. The third-order valence-corrected chi connectivity index (χ3v) is 1.53. The SMILES string of the molecule is [CH2]CCCCCC(C)C.[SnH2]. The summed E-state index contributed by atoms with van der Waals surface area (Å²) in [5, 5.41) is 0. The zero-order valence-electron chi connectivity index (χ0n) is 7.53. The van der Waals surface area contributed by atoms with E-state index in [4.69, 9.17) is 0 Å². The minimum absolute atomic E-state index is 0. The summed E-state index contributed by atoms with van der Waals surface area (Å²) in [6, 6.07) is 0. The molecule has 0 spiro atoms. The molecule has 0 aromatic carbocycles. The maximum absolute atomic E-state index is 3.80. The third kappa shape index (κ3) is 11.6. The molecule has 0 fully saturated rings. The van der Waals surface area contributed by atoms with Crippen molar-refractivity contribution in [3.8, 4) is 0 Å². The zero-order chi connectivity index (χ0) is 7.11. The molecule has 0 aliphatic heterocycles.